The summed E-state index contributed by atoms with van der Waals surface area (Å²) in [6, 6.07) is 4.25. The van der Waals surface area contributed by atoms with Crippen molar-refractivity contribution in [1.29, 1.82) is 0 Å². The zero-order chi connectivity index (χ0) is 12.1. The van der Waals surface area contributed by atoms with Crippen LogP contribution in [0.2, 0.25) is 0 Å². The number of hydrogen-bond donors (Lipinski definition) is 2. The number of ether oxygens (including phenoxy) is 1. The molecule has 0 aliphatic heterocycles. The van der Waals surface area contributed by atoms with E-state index in [-0.39, 0.29) is 16.8 Å². The van der Waals surface area contributed by atoms with Crippen molar-refractivity contribution in [2.75, 3.05) is 17.8 Å². The molecule has 0 saturated carbocycles. The molecule has 2 N–H and O–H groups in total. The number of methoxy groups -OCH3 is 1. The van der Waals surface area contributed by atoms with Gasteiger partial charge in [-0.25, -0.2) is 4.79 Å². The second-order valence-electron chi connectivity index (χ2n) is 2.90. The van der Waals surface area contributed by atoms with E-state index in [1.54, 1.807) is 0 Å². The maximum Gasteiger partial charge on any atom is 0.335 e. The molecule has 0 aliphatic carbocycles. The lowest BCUT2D eigenvalue weighted by atomic mass is 10.2. The van der Waals surface area contributed by atoms with E-state index in [9.17, 15) is 9.59 Å². The third-order valence-corrected chi connectivity index (χ3v) is 2.35. The number of amides is 1. The first-order valence-corrected chi connectivity index (χ1v) is 5.47. The molecule has 0 bridgehead atoms. The number of halogens is 1. The highest BCUT2D eigenvalue weighted by molar-refractivity contribution is 9.09. The summed E-state index contributed by atoms with van der Waals surface area (Å²) in [5.74, 6) is -0.919. The molecule has 0 fully saturated rings. The van der Waals surface area contributed by atoms with Crippen molar-refractivity contribution in [3.05, 3.63) is 23.8 Å². The van der Waals surface area contributed by atoms with Gasteiger partial charge in [-0.15, -0.1) is 0 Å². The first-order chi connectivity index (χ1) is 7.58. The predicted octanol–water partition coefficient (Wildman–Crippen LogP) is 1.73. The van der Waals surface area contributed by atoms with Gasteiger partial charge in [0.25, 0.3) is 0 Å². The van der Waals surface area contributed by atoms with Gasteiger partial charge < -0.3 is 15.2 Å². The van der Waals surface area contributed by atoms with Gasteiger partial charge in [0.15, 0.2) is 0 Å². The molecule has 1 aromatic rings. The largest absolute Gasteiger partial charge is 0.495 e. The Morgan fingerprint density at radius 2 is 2.19 bits per heavy atom. The fraction of sp³-hybridized carbons (Fsp3) is 0.200. The van der Waals surface area contributed by atoms with E-state index in [2.05, 4.69) is 21.2 Å². The Balaban J connectivity index is 3.06. The Morgan fingerprint density at radius 3 is 2.69 bits per heavy atom. The monoisotopic (exact) mass is 287 g/mol. The Morgan fingerprint density at radius 1 is 1.50 bits per heavy atom. The number of benzene rings is 1. The quantitative estimate of drug-likeness (QED) is 0.827. The number of carboxylic acid groups (broad SMARTS) is 1. The van der Waals surface area contributed by atoms with E-state index < -0.39 is 5.97 Å². The van der Waals surface area contributed by atoms with Crippen molar-refractivity contribution >= 4 is 33.5 Å². The summed E-state index contributed by atoms with van der Waals surface area (Å²) in [6.45, 7) is 0. The molecular formula is C10H10BrNO4. The lowest BCUT2D eigenvalue weighted by Crippen LogP contribution is -2.13. The number of anilines is 1. The highest BCUT2D eigenvalue weighted by Crippen LogP contribution is 2.25. The molecule has 1 amide bonds. The summed E-state index contributed by atoms with van der Waals surface area (Å²) in [5, 5.41) is 11.5. The molecule has 0 heterocycles. The minimum atomic E-state index is -1.06. The van der Waals surface area contributed by atoms with Crippen LogP contribution in [0.25, 0.3) is 0 Å². The van der Waals surface area contributed by atoms with Crippen LogP contribution >= 0.6 is 15.9 Å². The Kier molecular flexibility index (Phi) is 4.30. The Hall–Kier alpha value is -1.56. The van der Waals surface area contributed by atoms with Crippen molar-refractivity contribution in [3.63, 3.8) is 0 Å². The second kappa shape index (κ2) is 5.50. The van der Waals surface area contributed by atoms with Crippen LogP contribution in [0.5, 0.6) is 5.75 Å². The van der Waals surface area contributed by atoms with Gasteiger partial charge in [0.2, 0.25) is 5.91 Å². The number of alkyl halides is 1. The zero-order valence-corrected chi connectivity index (χ0v) is 10.1. The molecule has 0 atom stereocenters. The van der Waals surface area contributed by atoms with Crippen LogP contribution < -0.4 is 10.1 Å². The highest BCUT2D eigenvalue weighted by Gasteiger charge is 2.10. The minimum Gasteiger partial charge on any atom is -0.495 e. The van der Waals surface area contributed by atoms with E-state index in [1.807, 2.05) is 0 Å². The molecule has 16 heavy (non-hydrogen) atoms. The van der Waals surface area contributed by atoms with E-state index in [4.69, 9.17) is 9.84 Å². The first-order valence-electron chi connectivity index (χ1n) is 4.35. The second-order valence-corrected chi connectivity index (χ2v) is 3.46. The van der Waals surface area contributed by atoms with Crippen LogP contribution in [-0.2, 0) is 4.79 Å². The maximum atomic E-state index is 11.2. The summed E-state index contributed by atoms with van der Waals surface area (Å²) in [7, 11) is 1.44. The van der Waals surface area contributed by atoms with Crippen LogP contribution in [0.3, 0.4) is 0 Å². The first kappa shape index (κ1) is 12.5. The van der Waals surface area contributed by atoms with Crippen LogP contribution in [0.1, 0.15) is 10.4 Å². The van der Waals surface area contributed by atoms with Gasteiger partial charge in [-0.2, -0.15) is 0 Å². The van der Waals surface area contributed by atoms with E-state index in [1.165, 1.54) is 25.3 Å². The summed E-state index contributed by atoms with van der Waals surface area (Å²) >= 11 is 3.00. The predicted molar refractivity (Wildman–Crippen MR) is 62.4 cm³/mol. The molecule has 0 radical (unpaired) electrons. The van der Waals surface area contributed by atoms with Crippen molar-refractivity contribution in [2.24, 2.45) is 0 Å². The van der Waals surface area contributed by atoms with Crippen molar-refractivity contribution in [2.45, 2.75) is 0 Å². The van der Waals surface area contributed by atoms with Gasteiger partial charge in [-0.05, 0) is 18.2 Å². The molecule has 6 heteroatoms. The third-order valence-electron chi connectivity index (χ3n) is 1.84. The fourth-order valence-corrected chi connectivity index (χ4v) is 1.26. The molecular weight excluding hydrogens is 278 g/mol. The van der Waals surface area contributed by atoms with E-state index in [0.717, 1.165) is 0 Å². The number of nitrogens with one attached hydrogen (secondary N) is 1. The number of carbonyl (C=O) groups is 2. The lowest BCUT2D eigenvalue weighted by Gasteiger charge is -2.09. The average Bonchev–Trinajstić information content (AvgIpc) is 2.28. The van der Waals surface area contributed by atoms with E-state index in [0.29, 0.717) is 11.4 Å². The summed E-state index contributed by atoms with van der Waals surface area (Å²) in [6.07, 6.45) is 0. The SMILES string of the molecule is COc1ccc(C(=O)O)cc1NC(=O)CBr. The highest BCUT2D eigenvalue weighted by atomic mass is 79.9. The summed E-state index contributed by atoms with van der Waals surface area (Å²) in [5.41, 5.74) is 0.428. The van der Waals surface area contributed by atoms with Crippen molar-refractivity contribution in [1.82, 2.24) is 0 Å². The van der Waals surface area contributed by atoms with Crippen LogP contribution in [0.15, 0.2) is 18.2 Å². The topological polar surface area (TPSA) is 75.6 Å². The van der Waals surface area contributed by atoms with E-state index >= 15 is 0 Å². The smallest absolute Gasteiger partial charge is 0.335 e. The number of aromatic carboxylic acids is 1. The number of carbonyl (C=O) groups excluding carboxylic acids is 1. The van der Waals surface area contributed by atoms with Crippen LogP contribution in [0, 0.1) is 0 Å². The minimum absolute atomic E-state index is 0.0886. The van der Waals surface area contributed by atoms with Gasteiger partial charge in [-0.3, -0.25) is 4.79 Å². The molecule has 0 spiro atoms. The molecule has 0 unspecified atom stereocenters. The normalized spacial score (nSPS) is 9.62. The van der Waals surface area contributed by atoms with Gasteiger partial charge >= 0.3 is 5.97 Å². The fourth-order valence-electron chi connectivity index (χ4n) is 1.12. The van der Waals surface area contributed by atoms with Crippen LogP contribution in [-0.4, -0.2) is 29.4 Å². The zero-order valence-electron chi connectivity index (χ0n) is 8.49. The number of carboxylic acids is 1. The molecule has 86 valence electrons. The Labute approximate surface area is 101 Å². The standard InChI is InChI=1S/C10H10BrNO4/c1-16-8-3-2-6(10(14)15)4-7(8)12-9(13)5-11/h2-4H,5H2,1H3,(H,12,13)(H,14,15). The number of hydrogen-bond acceptors (Lipinski definition) is 3. The third kappa shape index (κ3) is 2.96. The molecule has 1 aromatic carbocycles. The molecule has 0 saturated heterocycles. The molecule has 5 nitrogen and oxygen atoms in total. The number of rotatable bonds is 4. The summed E-state index contributed by atoms with van der Waals surface area (Å²) in [4.78, 5) is 21.9. The Bertz CT molecular complexity index is 419. The molecule has 0 aromatic heterocycles. The van der Waals surface area contributed by atoms with Gasteiger partial charge in [0, 0.05) is 0 Å². The van der Waals surface area contributed by atoms with Gasteiger partial charge in [-0.1, -0.05) is 15.9 Å². The lowest BCUT2D eigenvalue weighted by molar-refractivity contribution is -0.113. The summed E-state index contributed by atoms with van der Waals surface area (Å²) < 4.78 is 5.00. The molecule has 0 aliphatic rings. The van der Waals surface area contributed by atoms with Crippen molar-refractivity contribution in [3.8, 4) is 5.75 Å². The van der Waals surface area contributed by atoms with Crippen molar-refractivity contribution < 1.29 is 19.4 Å². The van der Waals surface area contributed by atoms with Crippen LogP contribution in [0.4, 0.5) is 5.69 Å². The van der Waals surface area contributed by atoms with Gasteiger partial charge in [0.1, 0.15) is 5.75 Å². The van der Waals surface area contributed by atoms with Gasteiger partial charge in [0.05, 0.1) is 23.7 Å². The average molecular weight is 288 g/mol. The molecule has 1 rings (SSSR count). The maximum absolute atomic E-state index is 11.2.